The predicted molar refractivity (Wildman–Crippen MR) is 61.1 cm³/mol. The van der Waals surface area contributed by atoms with Crippen molar-refractivity contribution in [2.75, 3.05) is 6.54 Å². The van der Waals surface area contributed by atoms with E-state index in [4.69, 9.17) is 5.90 Å². The molecule has 0 aliphatic rings. The van der Waals surface area contributed by atoms with Crippen LogP contribution in [-0.2, 0) is 14.9 Å². The molecule has 0 amide bonds. The third-order valence-corrected chi connectivity index (χ3v) is 3.56. The highest BCUT2D eigenvalue weighted by atomic mass is 32.2. The molecule has 1 unspecified atom stereocenters. The summed E-state index contributed by atoms with van der Waals surface area (Å²) in [6, 6.07) is 6.62. The van der Waals surface area contributed by atoms with Gasteiger partial charge in [-0.2, -0.15) is 0 Å². The van der Waals surface area contributed by atoms with Gasteiger partial charge >= 0.3 is 0 Å². The molecule has 1 atom stereocenters. The minimum Gasteiger partial charge on any atom is -0.300 e. The van der Waals surface area contributed by atoms with Gasteiger partial charge in [0.15, 0.2) is 0 Å². The molecule has 1 rings (SSSR count). The van der Waals surface area contributed by atoms with Gasteiger partial charge in [0.1, 0.15) is 0 Å². The van der Waals surface area contributed by atoms with Crippen molar-refractivity contribution >= 4 is 10.0 Å². The number of nitrogens with one attached hydrogen (secondary N) is 1. The van der Waals surface area contributed by atoms with E-state index in [1.54, 1.807) is 31.2 Å². The van der Waals surface area contributed by atoms with Crippen LogP contribution in [0, 0.1) is 6.92 Å². The Bertz CT molecular complexity index is 428. The number of sulfonamides is 1. The van der Waals surface area contributed by atoms with E-state index in [2.05, 4.69) is 9.56 Å². The highest BCUT2D eigenvalue weighted by Crippen LogP contribution is 2.09. The Labute approximate surface area is 95.6 Å². The maximum atomic E-state index is 11.8. The molecule has 0 spiro atoms. The van der Waals surface area contributed by atoms with E-state index < -0.39 is 10.0 Å². The van der Waals surface area contributed by atoms with Crippen molar-refractivity contribution in [3.8, 4) is 0 Å². The lowest BCUT2D eigenvalue weighted by atomic mass is 10.2. The van der Waals surface area contributed by atoms with Crippen LogP contribution < -0.4 is 10.6 Å². The van der Waals surface area contributed by atoms with Crippen LogP contribution in [0.4, 0.5) is 0 Å². The first kappa shape index (κ1) is 13.1. The van der Waals surface area contributed by atoms with E-state index in [9.17, 15) is 8.42 Å². The van der Waals surface area contributed by atoms with Crippen molar-refractivity contribution in [1.29, 1.82) is 0 Å². The summed E-state index contributed by atoms with van der Waals surface area (Å²) < 4.78 is 25.9. The molecule has 0 aliphatic heterocycles. The van der Waals surface area contributed by atoms with Crippen LogP contribution in [0.25, 0.3) is 0 Å². The second-order valence-electron chi connectivity index (χ2n) is 3.61. The molecule has 0 saturated heterocycles. The Kier molecular flexibility index (Phi) is 4.43. The van der Waals surface area contributed by atoms with Gasteiger partial charge in [-0.3, -0.25) is 0 Å². The second-order valence-corrected chi connectivity index (χ2v) is 5.38. The number of nitrogens with two attached hydrogens (primary N) is 1. The van der Waals surface area contributed by atoms with Crippen molar-refractivity contribution in [2.24, 2.45) is 5.90 Å². The molecular formula is C10H16N2O3S. The molecule has 0 bridgehead atoms. The fourth-order valence-corrected chi connectivity index (χ4v) is 2.19. The van der Waals surface area contributed by atoms with Crippen LogP contribution in [0.2, 0.25) is 0 Å². The zero-order valence-corrected chi connectivity index (χ0v) is 10.1. The second kappa shape index (κ2) is 5.40. The molecule has 0 aliphatic carbocycles. The number of rotatable bonds is 5. The summed E-state index contributed by atoms with van der Waals surface area (Å²) in [4.78, 5) is 4.71. The molecule has 16 heavy (non-hydrogen) atoms. The summed E-state index contributed by atoms with van der Waals surface area (Å²) in [5.74, 6) is 4.93. The van der Waals surface area contributed by atoms with Crippen LogP contribution >= 0.6 is 0 Å². The van der Waals surface area contributed by atoms with Gasteiger partial charge in [0.05, 0.1) is 11.0 Å². The summed E-state index contributed by atoms with van der Waals surface area (Å²) in [7, 11) is -3.47. The van der Waals surface area contributed by atoms with Gasteiger partial charge in [-0.15, -0.1) is 0 Å². The number of hydrogen-bond acceptors (Lipinski definition) is 4. The van der Waals surface area contributed by atoms with Gasteiger partial charge in [-0.05, 0) is 26.0 Å². The SMILES string of the molecule is Cc1ccc(S(=O)(=O)NCC(C)ON)cc1. The van der Waals surface area contributed by atoms with Crippen molar-refractivity contribution in [2.45, 2.75) is 24.8 Å². The maximum Gasteiger partial charge on any atom is 0.240 e. The molecule has 3 N–H and O–H groups in total. The smallest absolute Gasteiger partial charge is 0.240 e. The summed E-state index contributed by atoms with van der Waals surface area (Å²) >= 11 is 0. The lowest BCUT2D eigenvalue weighted by Gasteiger charge is -2.10. The third kappa shape index (κ3) is 3.57. The van der Waals surface area contributed by atoms with E-state index in [1.165, 1.54) is 0 Å². The Morgan fingerprint density at radius 2 is 1.94 bits per heavy atom. The largest absolute Gasteiger partial charge is 0.300 e. The van der Waals surface area contributed by atoms with E-state index >= 15 is 0 Å². The lowest BCUT2D eigenvalue weighted by molar-refractivity contribution is 0.0702. The van der Waals surface area contributed by atoms with Gasteiger partial charge in [0, 0.05) is 6.54 Å². The quantitative estimate of drug-likeness (QED) is 0.741. The topological polar surface area (TPSA) is 81.4 Å². The molecule has 1 aromatic carbocycles. The molecule has 0 fully saturated rings. The average molecular weight is 244 g/mol. The zero-order chi connectivity index (χ0) is 12.2. The number of benzene rings is 1. The zero-order valence-electron chi connectivity index (χ0n) is 9.30. The molecule has 0 heterocycles. The Morgan fingerprint density at radius 3 is 2.44 bits per heavy atom. The standard InChI is InChI=1S/C10H16N2O3S/c1-8-3-5-10(6-4-8)16(13,14)12-7-9(2)15-11/h3-6,9,12H,7,11H2,1-2H3. The van der Waals surface area contributed by atoms with Crippen LogP contribution in [0.1, 0.15) is 12.5 Å². The fraction of sp³-hybridized carbons (Fsp3) is 0.400. The highest BCUT2D eigenvalue weighted by Gasteiger charge is 2.14. The highest BCUT2D eigenvalue weighted by molar-refractivity contribution is 7.89. The average Bonchev–Trinajstić information content (AvgIpc) is 2.26. The normalized spacial score (nSPS) is 13.7. The summed E-state index contributed by atoms with van der Waals surface area (Å²) in [5.41, 5.74) is 1.01. The fourth-order valence-electron chi connectivity index (χ4n) is 1.08. The van der Waals surface area contributed by atoms with Crippen LogP contribution in [-0.4, -0.2) is 21.1 Å². The monoisotopic (exact) mass is 244 g/mol. The Morgan fingerprint density at radius 1 is 1.38 bits per heavy atom. The van der Waals surface area contributed by atoms with Crippen LogP contribution in [0.5, 0.6) is 0 Å². The number of aryl methyl sites for hydroxylation is 1. The first-order valence-corrected chi connectivity index (χ1v) is 6.36. The van der Waals surface area contributed by atoms with E-state index in [1.807, 2.05) is 6.92 Å². The minimum atomic E-state index is -3.47. The van der Waals surface area contributed by atoms with Crippen molar-refractivity contribution < 1.29 is 13.3 Å². The van der Waals surface area contributed by atoms with E-state index in [0.717, 1.165) is 5.56 Å². The third-order valence-electron chi connectivity index (χ3n) is 2.12. The van der Waals surface area contributed by atoms with Gasteiger partial charge < -0.3 is 4.84 Å². The Balaban J connectivity index is 2.74. The molecule has 0 aromatic heterocycles. The summed E-state index contributed by atoms with van der Waals surface area (Å²) in [5, 5.41) is 0. The lowest BCUT2D eigenvalue weighted by Crippen LogP contribution is -2.33. The molecule has 0 saturated carbocycles. The first-order chi connectivity index (χ1) is 7.45. The van der Waals surface area contributed by atoms with E-state index in [-0.39, 0.29) is 17.5 Å². The van der Waals surface area contributed by atoms with Crippen molar-refractivity contribution in [3.63, 3.8) is 0 Å². The molecule has 0 radical (unpaired) electrons. The molecular weight excluding hydrogens is 228 g/mol. The number of hydrogen-bond donors (Lipinski definition) is 2. The predicted octanol–water partition coefficient (Wildman–Crippen LogP) is 0.552. The van der Waals surface area contributed by atoms with Gasteiger partial charge in [0.25, 0.3) is 0 Å². The minimum absolute atomic E-state index is 0.146. The summed E-state index contributed by atoms with van der Waals surface area (Å²) in [6.45, 7) is 3.72. The van der Waals surface area contributed by atoms with E-state index in [0.29, 0.717) is 0 Å². The van der Waals surface area contributed by atoms with Crippen LogP contribution in [0.15, 0.2) is 29.2 Å². The van der Waals surface area contributed by atoms with Gasteiger partial charge in [-0.25, -0.2) is 19.0 Å². The van der Waals surface area contributed by atoms with Crippen molar-refractivity contribution in [3.05, 3.63) is 29.8 Å². The summed E-state index contributed by atoms with van der Waals surface area (Å²) in [6.07, 6.45) is -0.361. The van der Waals surface area contributed by atoms with Gasteiger partial charge in [-0.1, -0.05) is 17.7 Å². The van der Waals surface area contributed by atoms with Gasteiger partial charge in [0.2, 0.25) is 10.0 Å². The molecule has 5 nitrogen and oxygen atoms in total. The molecule has 6 heteroatoms. The first-order valence-electron chi connectivity index (χ1n) is 4.87. The van der Waals surface area contributed by atoms with Crippen LogP contribution in [0.3, 0.4) is 0 Å². The maximum absolute atomic E-state index is 11.8. The van der Waals surface area contributed by atoms with Crippen molar-refractivity contribution in [1.82, 2.24) is 4.72 Å². The Hall–Kier alpha value is -0.950. The molecule has 90 valence electrons. The molecule has 1 aromatic rings.